The zero-order valence-corrected chi connectivity index (χ0v) is 11.0. The lowest BCUT2D eigenvalue weighted by Crippen LogP contribution is -3.07. The Morgan fingerprint density at radius 3 is 2.61 bits per heavy atom. The monoisotopic (exact) mass is 253 g/mol. The van der Waals surface area contributed by atoms with Crippen molar-refractivity contribution in [3.05, 3.63) is 23.8 Å². The normalized spacial score (nSPS) is 11.9. The second-order valence-electron chi connectivity index (χ2n) is 4.18. The molecule has 0 aliphatic rings. The van der Waals surface area contributed by atoms with Crippen LogP contribution in [0.15, 0.2) is 18.2 Å². The average Bonchev–Trinajstić information content (AvgIpc) is 2.36. The van der Waals surface area contributed by atoms with Gasteiger partial charge in [0.25, 0.3) is 0 Å². The maximum atomic E-state index is 10.4. The van der Waals surface area contributed by atoms with Crippen molar-refractivity contribution in [2.24, 2.45) is 0 Å². The van der Waals surface area contributed by atoms with E-state index in [2.05, 4.69) is 0 Å². The highest BCUT2D eigenvalue weighted by atomic mass is 16.5. The number of carbonyl (C=O) groups excluding carboxylic acids is 1. The SMILES string of the molecule is COc1ccc(OC)c(C[NH+](C)CCC(=O)[O-])c1. The van der Waals surface area contributed by atoms with Crippen LogP contribution < -0.4 is 19.5 Å². The van der Waals surface area contributed by atoms with Crippen molar-refractivity contribution in [1.29, 1.82) is 0 Å². The lowest BCUT2D eigenvalue weighted by atomic mass is 10.1. The summed E-state index contributed by atoms with van der Waals surface area (Å²) >= 11 is 0. The summed E-state index contributed by atoms with van der Waals surface area (Å²) in [4.78, 5) is 11.5. The van der Waals surface area contributed by atoms with E-state index in [1.165, 1.54) is 0 Å². The van der Waals surface area contributed by atoms with Crippen molar-refractivity contribution in [3.8, 4) is 11.5 Å². The number of rotatable bonds is 7. The van der Waals surface area contributed by atoms with Crippen molar-refractivity contribution < 1.29 is 24.3 Å². The standard InChI is InChI=1S/C13H19NO4/c1-14(7-6-13(15)16)9-10-8-11(17-2)4-5-12(10)18-3/h4-5,8H,6-7,9H2,1-3H3,(H,15,16). The molecular weight excluding hydrogens is 234 g/mol. The maximum absolute atomic E-state index is 10.4. The number of carbonyl (C=O) groups is 1. The van der Waals surface area contributed by atoms with Crippen LogP contribution >= 0.6 is 0 Å². The summed E-state index contributed by atoms with van der Waals surface area (Å²) in [7, 11) is 5.15. The Hall–Kier alpha value is -1.75. The van der Waals surface area contributed by atoms with E-state index in [1.54, 1.807) is 14.2 Å². The quantitative estimate of drug-likeness (QED) is 0.667. The summed E-state index contributed by atoms with van der Waals surface area (Å²) in [6.45, 7) is 1.19. The molecule has 0 aliphatic heterocycles. The minimum Gasteiger partial charge on any atom is -0.550 e. The van der Waals surface area contributed by atoms with Gasteiger partial charge in [0, 0.05) is 12.4 Å². The molecule has 0 heterocycles. The number of quaternary nitrogens is 1. The van der Waals surface area contributed by atoms with Crippen molar-refractivity contribution in [2.45, 2.75) is 13.0 Å². The molecule has 18 heavy (non-hydrogen) atoms. The van der Waals surface area contributed by atoms with Crippen molar-refractivity contribution in [1.82, 2.24) is 0 Å². The highest BCUT2D eigenvalue weighted by Gasteiger charge is 2.10. The number of benzene rings is 1. The number of methoxy groups -OCH3 is 2. The van der Waals surface area contributed by atoms with E-state index in [0.717, 1.165) is 22.0 Å². The molecule has 100 valence electrons. The Labute approximate surface area is 107 Å². The van der Waals surface area contributed by atoms with Gasteiger partial charge in [-0.3, -0.25) is 0 Å². The van der Waals surface area contributed by atoms with E-state index < -0.39 is 5.97 Å². The number of aliphatic carboxylic acids is 1. The first-order chi connectivity index (χ1) is 8.56. The predicted octanol–water partition coefficient (Wildman–Crippen LogP) is -1.14. The molecule has 0 spiro atoms. The summed E-state index contributed by atoms with van der Waals surface area (Å²) < 4.78 is 10.4. The topological polar surface area (TPSA) is 63.0 Å². The van der Waals surface area contributed by atoms with E-state index in [4.69, 9.17) is 9.47 Å². The average molecular weight is 253 g/mol. The van der Waals surface area contributed by atoms with Gasteiger partial charge in [-0.25, -0.2) is 0 Å². The molecule has 1 aromatic carbocycles. The summed E-state index contributed by atoms with van der Waals surface area (Å²) in [6, 6.07) is 5.58. The summed E-state index contributed by atoms with van der Waals surface area (Å²) in [5, 5.41) is 10.4. The number of carboxylic acids is 1. The summed E-state index contributed by atoms with van der Waals surface area (Å²) in [5.74, 6) is 0.522. The number of hydrogen-bond acceptors (Lipinski definition) is 4. The summed E-state index contributed by atoms with van der Waals surface area (Å²) in [6.07, 6.45) is 0.0537. The first-order valence-electron chi connectivity index (χ1n) is 5.79. The molecule has 0 saturated carbocycles. The van der Waals surface area contributed by atoms with Crippen LogP contribution in [-0.4, -0.2) is 33.8 Å². The molecule has 1 unspecified atom stereocenters. The van der Waals surface area contributed by atoms with Crippen molar-refractivity contribution in [2.75, 3.05) is 27.8 Å². The van der Waals surface area contributed by atoms with Gasteiger partial charge in [0.1, 0.15) is 18.0 Å². The van der Waals surface area contributed by atoms with Crippen LogP contribution in [0.3, 0.4) is 0 Å². The Balaban J connectivity index is 2.71. The molecule has 1 rings (SSSR count). The fourth-order valence-corrected chi connectivity index (χ4v) is 1.75. The molecule has 0 aromatic heterocycles. The third-order valence-corrected chi connectivity index (χ3v) is 2.74. The Bertz CT molecular complexity index is 406. The van der Waals surface area contributed by atoms with Crippen LogP contribution in [0.4, 0.5) is 0 Å². The summed E-state index contributed by atoms with van der Waals surface area (Å²) in [5.41, 5.74) is 0.993. The van der Waals surface area contributed by atoms with Gasteiger partial charge >= 0.3 is 0 Å². The number of hydrogen-bond donors (Lipinski definition) is 1. The molecule has 1 aromatic rings. The Morgan fingerprint density at radius 2 is 2.06 bits per heavy atom. The van der Waals surface area contributed by atoms with Gasteiger partial charge in [0.2, 0.25) is 0 Å². The van der Waals surface area contributed by atoms with E-state index >= 15 is 0 Å². The van der Waals surface area contributed by atoms with E-state index in [-0.39, 0.29) is 6.42 Å². The Kier molecular flexibility index (Phi) is 5.45. The Morgan fingerprint density at radius 1 is 1.33 bits per heavy atom. The molecule has 1 atom stereocenters. The molecule has 0 fully saturated rings. The van der Waals surface area contributed by atoms with Gasteiger partial charge in [0.05, 0.1) is 33.4 Å². The van der Waals surface area contributed by atoms with Crippen LogP contribution in [0.5, 0.6) is 11.5 Å². The van der Waals surface area contributed by atoms with Crippen LogP contribution in [0.2, 0.25) is 0 Å². The highest BCUT2D eigenvalue weighted by Crippen LogP contribution is 2.22. The smallest absolute Gasteiger partial charge is 0.127 e. The molecule has 0 radical (unpaired) electrons. The third-order valence-electron chi connectivity index (χ3n) is 2.74. The molecule has 5 heteroatoms. The molecule has 1 N–H and O–H groups in total. The van der Waals surface area contributed by atoms with Crippen LogP contribution in [0.25, 0.3) is 0 Å². The second kappa shape index (κ2) is 6.86. The molecular formula is C13H19NO4. The van der Waals surface area contributed by atoms with Crippen LogP contribution in [-0.2, 0) is 11.3 Å². The zero-order valence-electron chi connectivity index (χ0n) is 11.0. The van der Waals surface area contributed by atoms with Crippen molar-refractivity contribution >= 4 is 5.97 Å². The molecule has 0 saturated heterocycles. The third kappa shape index (κ3) is 4.25. The minimum atomic E-state index is -1.02. The van der Waals surface area contributed by atoms with Gasteiger partial charge in [-0.2, -0.15) is 0 Å². The van der Waals surface area contributed by atoms with E-state index in [0.29, 0.717) is 13.1 Å². The first-order valence-corrected chi connectivity index (χ1v) is 5.79. The molecule has 0 amide bonds. The largest absolute Gasteiger partial charge is 0.550 e. The lowest BCUT2D eigenvalue weighted by Gasteiger charge is -2.16. The van der Waals surface area contributed by atoms with E-state index in [9.17, 15) is 9.90 Å². The first kappa shape index (κ1) is 14.3. The maximum Gasteiger partial charge on any atom is 0.127 e. The van der Waals surface area contributed by atoms with Gasteiger partial charge < -0.3 is 24.3 Å². The van der Waals surface area contributed by atoms with Gasteiger partial charge in [-0.05, 0) is 18.2 Å². The number of carboxylic acid groups (broad SMARTS) is 1. The minimum absolute atomic E-state index is 0.0537. The molecule has 0 bridgehead atoms. The highest BCUT2D eigenvalue weighted by molar-refractivity contribution is 5.64. The van der Waals surface area contributed by atoms with Gasteiger partial charge in [0.15, 0.2) is 0 Å². The van der Waals surface area contributed by atoms with Gasteiger partial charge in [-0.1, -0.05) is 0 Å². The van der Waals surface area contributed by atoms with Crippen molar-refractivity contribution in [3.63, 3.8) is 0 Å². The van der Waals surface area contributed by atoms with Gasteiger partial charge in [-0.15, -0.1) is 0 Å². The number of ether oxygens (including phenoxy) is 2. The van der Waals surface area contributed by atoms with E-state index in [1.807, 2.05) is 25.2 Å². The molecule has 5 nitrogen and oxygen atoms in total. The number of nitrogens with one attached hydrogen (secondary N) is 1. The lowest BCUT2D eigenvalue weighted by molar-refractivity contribution is -0.893. The fraction of sp³-hybridized carbons (Fsp3) is 0.462. The van der Waals surface area contributed by atoms with Crippen LogP contribution in [0, 0.1) is 0 Å². The predicted molar refractivity (Wildman–Crippen MR) is 64.6 cm³/mol. The van der Waals surface area contributed by atoms with Crippen LogP contribution in [0.1, 0.15) is 12.0 Å². The fourth-order valence-electron chi connectivity index (χ4n) is 1.75. The molecule has 0 aliphatic carbocycles. The zero-order chi connectivity index (χ0) is 13.5. The second-order valence-corrected chi connectivity index (χ2v) is 4.18.